The Kier molecular flexibility index (Phi) is 2.46. The van der Waals surface area contributed by atoms with Crippen molar-refractivity contribution in [3.63, 3.8) is 0 Å². The molecule has 0 amide bonds. The number of Topliss-reactive ketones (excluding diaryl/α,β-unsaturated/α-hetero) is 1. The summed E-state index contributed by atoms with van der Waals surface area (Å²) in [4.78, 5) is 14.1. The van der Waals surface area contributed by atoms with Crippen molar-refractivity contribution >= 4 is 11.5 Å². The standard InChI is InChI=1S/C15H19NO/c1-10-4-3-5-15(11(10)2)16-12-6-7-13(16)9-14(17)8-12/h3-5,12-13H,6-9H2,1-2H3. The molecule has 0 N–H and O–H groups in total. The number of hydrogen-bond acceptors (Lipinski definition) is 2. The van der Waals surface area contributed by atoms with Gasteiger partial charge < -0.3 is 4.90 Å². The average molecular weight is 229 g/mol. The molecule has 0 aliphatic carbocycles. The molecule has 2 fully saturated rings. The number of anilines is 1. The summed E-state index contributed by atoms with van der Waals surface area (Å²) >= 11 is 0. The van der Waals surface area contributed by atoms with E-state index in [9.17, 15) is 4.79 Å². The van der Waals surface area contributed by atoms with Crippen molar-refractivity contribution in [3.05, 3.63) is 29.3 Å². The Morgan fingerprint density at radius 1 is 1.12 bits per heavy atom. The summed E-state index contributed by atoms with van der Waals surface area (Å²) in [5, 5.41) is 0. The molecule has 2 nitrogen and oxygen atoms in total. The summed E-state index contributed by atoms with van der Waals surface area (Å²) < 4.78 is 0. The third kappa shape index (κ3) is 1.67. The summed E-state index contributed by atoms with van der Waals surface area (Å²) in [7, 11) is 0. The molecule has 2 aliphatic rings. The molecular formula is C15H19NO. The molecule has 3 rings (SSSR count). The first-order valence-electron chi connectivity index (χ1n) is 6.53. The van der Waals surface area contributed by atoms with E-state index in [1.54, 1.807) is 0 Å². The third-order valence-corrected chi connectivity index (χ3v) is 4.40. The monoisotopic (exact) mass is 229 g/mol. The molecule has 0 saturated carbocycles. The molecule has 17 heavy (non-hydrogen) atoms. The van der Waals surface area contributed by atoms with Crippen LogP contribution in [0.3, 0.4) is 0 Å². The lowest BCUT2D eigenvalue weighted by Gasteiger charge is -2.37. The Labute approximate surface area is 103 Å². The molecule has 1 aromatic rings. The molecule has 2 saturated heterocycles. The second-order valence-electron chi connectivity index (χ2n) is 5.46. The number of carbonyl (C=O) groups excluding carboxylic acids is 1. The topological polar surface area (TPSA) is 20.3 Å². The van der Waals surface area contributed by atoms with Gasteiger partial charge in [0.05, 0.1) is 0 Å². The smallest absolute Gasteiger partial charge is 0.137 e. The van der Waals surface area contributed by atoms with Crippen molar-refractivity contribution in [1.82, 2.24) is 0 Å². The number of carbonyl (C=O) groups is 1. The zero-order chi connectivity index (χ0) is 12.0. The van der Waals surface area contributed by atoms with E-state index >= 15 is 0 Å². The van der Waals surface area contributed by atoms with Gasteiger partial charge in [0, 0.05) is 30.6 Å². The highest BCUT2D eigenvalue weighted by Crippen LogP contribution is 2.39. The van der Waals surface area contributed by atoms with E-state index in [0.717, 1.165) is 12.8 Å². The maximum Gasteiger partial charge on any atom is 0.137 e. The summed E-state index contributed by atoms with van der Waals surface area (Å²) in [5.74, 6) is 0.457. The zero-order valence-electron chi connectivity index (χ0n) is 10.6. The average Bonchev–Trinajstić information content (AvgIpc) is 2.55. The molecule has 0 radical (unpaired) electrons. The lowest BCUT2D eigenvalue weighted by Crippen LogP contribution is -2.43. The van der Waals surface area contributed by atoms with Gasteiger partial charge in [-0.2, -0.15) is 0 Å². The fourth-order valence-corrected chi connectivity index (χ4v) is 3.38. The van der Waals surface area contributed by atoms with Gasteiger partial charge in [0.2, 0.25) is 0 Å². The van der Waals surface area contributed by atoms with Crippen LogP contribution in [-0.4, -0.2) is 17.9 Å². The largest absolute Gasteiger partial charge is 0.364 e. The van der Waals surface area contributed by atoms with Crippen LogP contribution in [0.5, 0.6) is 0 Å². The van der Waals surface area contributed by atoms with Gasteiger partial charge in [-0.05, 0) is 43.9 Å². The number of benzene rings is 1. The Hall–Kier alpha value is -1.31. The lowest BCUT2D eigenvalue weighted by atomic mass is 9.98. The molecule has 2 aliphatic heterocycles. The van der Waals surface area contributed by atoms with Gasteiger partial charge in [-0.25, -0.2) is 0 Å². The maximum absolute atomic E-state index is 11.6. The lowest BCUT2D eigenvalue weighted by molar-refractivity contribution is -0.120. The van der Waals surface area contributed by atoms with Crippen LogP contribution < -0.4 is 4.90 Å². The number of hydrogen-bond donors (Lipinski definition) is 0. The summed E-state index contributed by atoms with van der Waals surface area (Å²) in [6.07, 6.45) is 3.88. The number of aryl methyl sites for hydroxylation is 1. The van der Waals surface area contributed by atoms with E-state index in [0.29, 0.717) is 17.9 Å². The van der Waals surface area contributed by atoms with Gasteiger partial charge in [0.1, 0.15) is 5.78 Å². The minimum absolute atomic E-state index is 0.457. The number of piperidine rings is 1. The normalized spacial score (nSPS) is 27.6. The highest BCUT2D eigenvalue weighted by molar-refractivity contribution is 5.83. The fourth-order valence-electron chi connectivity index (χ4n) is 3.38. The molecule has 2 bridgehead atoms. The van der Waals surface area contributed by atoms with Crippen LogP contribution in [-0.2, 0) is 4.79 Å². The van der Waals surface area contributed by atoms with Gasteiger partial charge in [-0.1, -0.05) is 12.1 Å². The van der Waals surface area contributed by atoms with E-state index in [1.165, 1.54) is 29.7 Å². The SMILES string of the molecule is Cc1cccc(N2C3CCC2CC(=O)C3)c1C. The summed E-state index contributed by atoms with van der Waals surface area (Å²) in [5.41, 5.74) is 4.07. The van der Waals surface area contributed by atoms with Crippen LogP contribution in [0, 0.1) is 13.8 Å². The third-order valence-electron chi connectivity index (χ3n) is 4.40. The Balaban J connectivity index is 2.00. The van der Waals surface area contributed by atoms with Crippen molar-refractivity contribution in [2.75, 3.05) is 4.90 Å². The Bertz CT molecular complexity index is 450. The first-order valence-corrected chi connectivity index (χ1v) is 6.53. The molecule has 2 atom stereocenters. The van der Waals surface area contributed by atoms with Gasteiger partial charge in [0.25, 0.3) is 0 Å². The molecule has 0 spiro atoms. The molecule has 2 heterocycles. The number of rotatable bonds is 1. The fraction of sp³-hybridized carbons (Fsp3) is 0.533. The minimum Gasteiger partial charge on any atom is -0.364 e. The van der Waals surface area contributed by atoms with Crippen LogP contribution in [0.1, 0.15) is 36.8 Å². The minimum atomic E-state index is 0.457. The van der Waals surface area contributed by atoms with Crippen LogP contribution >= 0.6 is 0 Å². The van der Waals surface area contributed by atoms with E-state index in [4.69, 9.17) is 0 Å². The first kappa shape index (κ1) is 10.8. The van der Waals surface area contributed by atoms with E-state index in [-0.39, 0.29) is 0 Å². The maximum atomic E-state index is 11.6. The molecule has 1 aromatic carbocycles. The van der Waals surface area contributed by atoms with Gasteiger partial charge in [0.15, 0.2) is 0 Å². The highest BCUT2D eigenvalue weighted by Gasteiger charge is 2.40. The number of nitrogens with zero attached hydrogens (tertiary/aromatic N) is 1. The van der Waals surface area contributed by atoms with Crippen LogP contribution in [0.25, 0.3) is 0 Å². The Morgan fingerprint density at radius 3 is 2.41 bits per heavy atom. The van der Waals surface area contributed by atoms with E-state index in [1.807, 2.05) is 0 Å². The molecule has 2 heteroatoms. The van der Waals surface area contributed by atoms with Crippen molar-refractivity contribution in [2.45, 2.75) is 51.6 Å². The summed E-state index contributed by atoms with van der Waals surface area (Å²) in [6.45, 7) is 4.36. The quantitative estimate of drug-likeness (QED) is 0.738. The van der Waals surface area contributed by atoms with Crippen LogP contribution in [0.2, 0.25) is 0 Å². The van der Waals surface area contributed by atoms with Crippen molar-refractivity contribution < 1.29 is 4.79 Å². The van der Waals surface area contributed by atoms with Gasteiger partial charge in [-0.15, -0.1) is 0 Å². The Morgan fingerprint density at radius 2 is 1.76 bits per heavy atom. The van der Waals surface area contributed by atoms with Crippen molar-refractivity contribution in [3.8, 4) is 0 Å². The highest BCUT2D eigenvalue weighted by atomic mass is 16.1. The molecular weight excluding hydrogens is 210 g/mol. The second kappa shape index (κ2) is 3.86. The van der Waals surface area contributed by atoms with Gasteiger partial charge in [-0.3, -0.25) is 4.79 Å². The summed E-state index contributed by atoms with van der Waals surface area (Å²) in [6, 6.07) is 7.43. The van der Waals surface area contributed by atoms with Crippen molar-refractivity contribution in [1.29, 1.82) is 0 Å². The predicted octanol–water partition coefficient (Wildman–Crippen LogP) is 3.00. The second-order valence-corrected chi connectivity index (χ2v) is 5.46. The van der Waals surface area contributed by atoms with Crippen LogP contribution in [0.4, 0.5) is 5.69 Å². The van der Waals surface area contributed by atoms with E-state index < -0.39 is 0 Å². The number of ketones is 1. The number of fused-ring (bicyclic) bond motifs is 2. The predicted molar refractivity (Wildman–Crippen MR) is 69.4 cm³/mol. The van der Waals surface area contributed by atoms with Crippen molar-refractivity contribution in [2.24, 2.45) is 0 Å². The first-order chi connectivity index (χ1) is 8.16. The van der Waals surface area contributed by atoms with Gasteiger partial charge >= 0.3 is 0 Å². The molecule has 2 unspecified atom stereocenters. The molecule has 0 aromatic heterocycles. The van der Waals surface area contributed by atoms with Crippen LogP contribution in [0.15, 0.2) is 18.2 Å². The molecule has 90 valence electrons. The van der Waals surface area contributed by atoms with E-state index in [2.05, 4.69) is 36.9 Å². The zero-order valence-corrected chi connectivity index (χ0v) is 10.6.